The van der Waals surface area contributed by atoms with Crippen molar-refractivity contribution in [2.75, 3.05) is 0 Å². The molecule has 0 spiro atoms. The number of aliphatic hydroxyl groups is 1. The van der Waals surface area contributed by atoms with Gasteiger partial charge in [-0.15, -0.1) is 0 Å². The number of cyclic esters (lactones) is 1. The molecule has 82 valence electrons. The van der Waals surface area contributed by atoms with Gasteiger partial charge in [0.05, 0.1) is 12.5 Å². The Balaban J connectivity index is 2.62. The molecule has 1 N–H and O–H groups in total. The van der Waals surface area contributed by atoms with E-state index in [2.05, 4.69) is 20.8 Å². The Morgan fingerprint density at radius 1 is 1.50 bits per heavy atom. The lowest BCUT2D eigenvalue weighted by Gasteiger charge is -2.35. The number of rotatable bonds is 1. The van der Waals surface area contributed by atoms with Crippen molar-refractivity contribution in [2.24, 2.45) is 11.3 Å². The molecule has 1 heterocycles. The van der Waals surface area contributed by atoms with Crippen LogP contribution in [0.3, 0.4) is 0 Å². The van der Waals surface area contributed by atoms with Gasteiger partial charge in [0.1, 0.15) is 6.10 Å². The molecule has 3 nitrogen and oxygen atoms in total. The predicted octanol–water partition coefficient (Wildman–Crippen LogP) is 1.74. The van der Waals surface area contributed by atoms with E-state index in [4.69, 9.17) is 4.74 Å². The van der Waals surface area contributed by atoms with E-state index >= 15 is 0 Å². The summed E-state index contributed by atoms with van der Waals surface area (Å²) in [5.41, 5.74) is 0.0724. The first-order valence-corrected chi connectivity index (χ1v) is 5.17. The Kier molecular flexibility index (Phi) is 3.20. The average Bonchev–Trinajstić information content (AvgIpc) is 1.96. The van der Waals surface area contributed by atoms with Crippen LogP contribution in [-0.4, -0.2) is 23.3 Å². The van der Waals surface area contributed by atoms with Crippen LogP contribution < -0.4 is 0 Å². The normalized spacial score (nSPS) is 34.1. The summed E-state index contributed by atoms with van der Waals surface area (Å²) in [5, 5.41) is 9.84. The van der Waals surface area contributed by atoms with E-state index in [9.17, 15) is 9.90 Å². The van der Waals surface area contributed by atoms with E-state index in [0.29, 0.717) is 12.8 Å². The summed E-state index contributed by atoms with van der Waals surface area (Å²) in [6, 6.07) is 0. The summed E-state index contributed by atoms with van der Waals surface area (Å²) >= 11 is 0. The van der Waals surface area contributed by atoms with E-state index in [1.54, 1.807) is 0 Å². The van der Waals surface area contributed by atoms with Crippen LogP contribution in [-0.2, 0) is 9.53 Å². The van der Waals surface area contributed by atoms with Gasteiger partial charge in [0, 0.05) is 0 Å². The number of hydrogen-bond donors (Lipinski definition) is 1. The summed E-state index contributed by atoms with van der Waals surface area (Å²) < 4.78 is 5.16. The number of esters is 1. The maximum Gasteiger partial charge on any atom is 0.306 e. The Hall–Kier alpha value is -0.570. The lowest BCUT2D eigenvalue weighted by molar-refractivity contribution is -0.172. The zero-order valence-corrected chi connectivity index (χ0v) is 9.41. The second kappa shape index (κ2) is 3.89. The third kappa shape index (κ3) is 2.98. The molecule has 3 atom stereocenters. The van der Waals surface area contributed by atoms with Crippen molar-refractivity contribution in [3.8, 4) is 0 Å². The van der Waals surface area contributed by atoms with Gasteiger partial charge in [0.2, 0.25) is 0 Å². The minimum atomic E-state index is -0.507. The SMILES string of the molecule is C[C@@H]1CC(=O)O[C@H](CC(C)(C)C)[C@H]1O. The maximum atomic E-state index is 11.2. The molecule has 0 bridgehead atoms. The average molecular weight is 200 g/mol. The molecular weight excluding hydrogens is 180 g/mol. The zero-order valence-electron chi connectivity index (χ0n) is 9.41. The summed E-state index contributed by atoms with van der Waals surface area (Å²) in [6.07, 6.45) is 0.213. The highest BCUT2D eigenvalue weighted by Gasteiger charge is 2.36. The summed E-state index contributed by atoms with van der Waals surface area (Å²) in [7, 11) is 0. The first kappa shape index (κ1) is 11.5. The first-order chi connectivity index (χ1) is 6.29. The van der Waals surface area contributed by atoms with Crippen molar-refractivity contribution in [3.63, 3.8) is 0 Å². The fourth-order valence-electron chi connectivity index (χ4n) is 1.80. The van der Waals surface area contributed by atoms with Gasteiger partial charge in [0.25, 0.3) is 0 Å². The molecule has 14 heavy (non-hydrogen) atoms. The number of carbonyl (C=O) groups excluding carboxylic acids is 1. The highest BCUT2D eigenvalue weighted by Crippen LogP contribution is 2.30. The highest BCUT2D eigenvalue weighted by atomic mass is 16.6. The van der Waals surface area contributed by atoms with E-state index < -0.39 is 6.10 Å². The molecule has 0 unspecified atom stereocenters. The summed E-state index contributed by atoms with van der Waals surface area (Å²) in [6.45, 7) is 8.12. The van der Waals surface area contributed by atoms with Crippen LogP contribution in [0, 0.1) is 11.3 Å². The molecule has 1 saturated heterocycles. The van der Waals surface area contributed by atoms with Gasteiger partial charge in [-0.2, -0.15) is 0 Å². The Labute approximate surface area is 85.5 Å². The molecule has 0 aliphatic carbocycles. The van der Waals surface area contributed by atoms with Gasteiger partial charge in [0.15, 0.2) is 0 Å². The van der Waals surface area contributed by atoms with E-state index in [0.717, 1.165) is 0 Å². The molecule has 0 aromatic carbocycles. The van der Waals surface area contributed by atoms with Crippen molar-refractivity contribution in [1.29, 1.82) is 0 Å². The maximum absolute atomic E-state index is 11.2. The van der Waals surface area contributed by atoms with Gasteiger partial charge in [-0.25, -0.2) is 0 Å². The molecule has 3 heteroatoms. The molecule has 0 aromatic heterocycles. The second-order valence-electron chi connectivity index (χ2n) is 5.47. The van der Waals surface area contributed by atoms with Crippen LogP contribution in [0.15, 0.2) is 0 Å². The number of aliphatic hydroxyl groups excluding tert-OH is 1. The zero-order chi connectivity index (χ0) is 10.9. The lowest BCUT2D eigenvalue weighted by Crippen LogP contribution is -2.43. The highest BCUT2D eigenvalue weighted by molar-refractivity contribution is 5.70. The third-order valence-corrected chi connectivity index (χ3v) is 2.55. The Bertz CT molecular complexity index is 217. The minimum absolute atomic E-state index is 0.0172. The quantitative estimate of drug-likeness (QED) is 0.656. The lowest BCUT2D eigenvalue weighted by atomic mass is 9.83. The van der Waals surface area contributed by atoms with E-state index in [1.165, 1.54) is 0 Å². The topological polar surface area (TPSA) is 46.5 Å². The molecule has 1 fully saturated rings. The second-order valence-corrected chi connectivity index (χ2v) is 5.47. The van der Waals surface area contributed by atoms with Crippen molar-refractivity contribution in [1.82, 2.24) is 0 Å². The van der Waals surface area contributed by atoms with Gasteiger partial charge >= 0.3 is 5.97 Å². The van der Waals surface area contributed by atoms with Crippen molar-refractivity contribution < 1.29 is 14.6 Å². The Morgan fingerprint density at radius 3 is 2.57 bits per heavy atom. The van der Waals surface area contributed by atoms with E-state index in [-0.39, 0.29) is 23.4 Å². The van der Waals surface area contributed by atoms with Gasteiger partial charge in [-0.05, 0) is 17.8 Å². The van der Waals surface area contributed by atoms with Crippen LogP contribution in [0.1, 0.15) is 40.5 Å². The molecule has 1 aliphatic heterocycles. The van der Waals surface area contributed by atoms with Gasteiger partial charge in [-0.3, -0.25) is 4.79 Å². The van der Waals surface area contributed by atoms with E-state index in [1.807, 2.05) is 6.92 Å². The van der Waals surface area contributed by atoms with Crippen LogP contribution in [0.2, 0.25) is 0 Å². The fraction of sp³-hybridized carbons (Fsp3) is 0.909. The molecule has 0 aromatic rings. The smallest absolute Gasteiger partial charge is 0.306 e. The standard InChI is InChI=1S/C11H20O3/c1-7-5-9(12)14-8(10(7)13)6-11(2,3)4/h7-8,10,13H,5-6H2,1-4H3/t7-,8-,10+/m1/s1. The monoisotopic (exact) mass is 200 g/mol. The first-order valence-electron chi connectivity index (χ1n) is 5.17. The fourth-order valence-corrected chi connectivity index (χ4v) is 1.80. The van der Waals surface area contributed by atoms with Crippen molar-refractivity contribution >= 4 is 5.97 Å². The molecule has 0 amide bonds. The van der Waals surface area contributed by atoms with Crippen molar-refractivity contribution in [3.05, 3.63) is 0 Å². The number of carbonyl (C=O) groups is 1. The van der Waals surface area contributed by atoms with Crippen LogP contribution in [0.5, 0.6) is 0 Å². The molecule has 1 aliphatic rings. The predicted molar refractivity (Wildman–Crippen MR) is 53.7 cm³/mol. The number of hydrogen-bond acceptors (Lipinski definition) is 3. The number of ether oxygens (including phenoxy) is 1. The molecule has 0 radical (unpaired) electrons. The van der Waals surface area contributed by atoms with Gasteiger partial charge in [-0.1, -0.05) is 27.7 Å². The minimum Gasteiger partial charge on any atom is -0.460 e. The summed E-state index contributed by atoms with van der Waals surface area (Å²) in [5.74, 6) is -0.166. The summed E-state index contributed by atoms with van der Waals surface area (Å²) in [4.78, 5) is 11.2. The Morgan fingerprint density at radius 2 is 2.07 bits per heavy atom. The molecule has 1 rings (SSSR count). The van der Waals surface area contributed by atoms with Crippen LogP contribution >= 0.6 is 0 Å². The van der Waals surface area contributed by atoms with Crippen LogP contribution in [0.4, 0.5) is 0 Å². The van der Waals surface area contributed by atoms with Crippen molar-refractivity contribution in [2.45, 2.75) is 52.7 Å². The van der Waals surface area contributed by atoms with Gasteiger partial charge < -0.3 is 9.84 Å². The largest absolute Gasteiger partial charge is 0.460 e. The van der Waals surface area contributed by atoms with Crippen LogP contribution in [0.25, 0.3) is 0 Å². The molecule has 0 saturated carbocycles. The third-order valence-electron chi connectivity index (χ3n) is 2.55. The molecular formula is C11H20O3.